The van der Waals surface area contributed by atoms with Crippen molar-refractivity contribution >= 4 is 18.2 Å². The van der Waals surface area contributed by atoms with Crippen LogP contribution < -0.4 is 0 Å². The van der Waals surface area contributed by atoms with E-state index in [9.17, 15) is 14.4 Å². The zero-order valence-electron chi connectivity index (χ0n) is 17.1. The molecule has 0 aromatic carbocycles. The third-order valence-corrected chi connectivity index (χ3v) is 6.75. The van der Waals surface area contributed by atoms with Crippen LogP contribution in [0.1, 0.15) is 61.6 Å². The number of allylic oxidation sites excluding steroid dienone is 1. The number of aldehydes is 1. The highest BCUT2D eigenvalue weighted by Crippen LogP contribution is 2.59. The molecule has 8 heteroatoms. The van der Waals surface area contributed by atoms with Gasteiger partial charge < -0.3 is 23.4 Å². The number of furan rings is 1. The summed E-state index contributed by atoms with van der Waals surface area (Å²) in [5, 5.41) is 0. The van der Waals surface area contributed by atoms with Gasteiger partial charge in [0, 0.05) is 19.8 Å². The van der Waals surface area contributed by atoms with Crippen molar-refractivity contribution in [2.24, 2.45) is 5.92 Å². The van der Waals surface area contributed by atoms with Crippen LogP contribution in [0.15, 0.2) is 22.6 Å². The van der Waals surface area contributed by atoms with Gasteiger partial charge in [-0.25, -0.2) is 4.79 Å². The Morgan fingerprint density at radius 1 is 1.33 bits per heavy atom. The molecule has 0 radical (unpaired) electrons. The molecule has 3 saturated heterocycles. The van der Waals surface area contributed by atoms with E-state index in [1.165, 1.54) is 6.92 Å². The van der Waals surface area contributed by atoms with E-state index in [-0.39, 0.29) is 12.0 Å². The molecule has 160 valence electrons. The fraction of sp³-hybridized carbons (Fsp3) is 0.591. The van der Waals surface area contributed by atoms with Gasteiger partial charge in [-0.05, 0) is 32.3 Å². The fourth-order valence-electron chi connectivity index (χ4n) is 4.98. The van der Waals surface area contributed by atoms with Gasteiger partial charge in [0.2, 0.25) is 5.60 Å². The van der Waals surface area contributed by atoms with E-state index in [2.05, 4.69) is 6.58 Å². The Balaban J connectivity index is 1.57. The molecule has 0 unspecified atom stereocenters. The topological polar surface area (TPSA) is 108 Å². The summed E-state index contributed by atoms with van der Waals surface area (Å²) in [5.74, 6) is -0.0990. The van der Waals surface area contributed by atoms with Crippen molar-refractivity contribution in [2.45, 2.75) is 75.7 Å². The minimum Gasteiger partial charge on any atom is -0.462 e. The third kappa shape index (κ3) is 2.77. The molecule has 5 rings (SSSR count). The molecule has 4 aliphatic heterocycles. The smallest absolute Gasteiger partial charge is 0.345 e. The van der Waals surface area contributed by atoms with E-state index in [0.29, 0.717) is 36.3 Å². The Labute approximate surface area is 173 Å². The van der Waals surface area contributed by atoms with E-state index >= 15 is 0 Å². The molecule has 0 N–H and O–H groups in total. The number of carbonyl (C=O) groups is 3. The minimum atomic E-state index is -1.29. The van der Waals surface area contributed by atoms with Crippen molar-refractivity contribution in [1.29, 1.82) is 0 Å². The highest BCUT2D eigenvalue weighted by Gasteiger charge is 2.79. The standard InChI is InChI=1S/C22H24O8/c1-10(2)12-5-14-13(9-23)6-15(27-14)18-21(4,29-18)8-16-19-22(30-19,20(25)28-16)17(7-12)26-11(3)24/h6,9,12,16-19H,1,5,7-8H2,2-4H3/t12-,16-,17+,18+,19-,21+,22-/m0/s1. The second kappa shape index (κ2) is 6.28. The highest BCUT2D eigenvalue weighted by atomic mass is 16.7. The van der Waals surface area contributed by atoms with Gasteiger partial charge >= 0.3 is 11.9 Å². The van der Waals surface area contributed by atoms with Gasteiger partial charge in [0.15, 0.2) is 6.29 Å². The van der Waals surface area contributed by atoms with Crippen LogP contribution in [0.4, 0.5) is 0 Å². The largest absolute Gasteiger partial charge is 0.462 e. The van der Waals surface area contributed by atoms with Crippen molar-refractivity contribution in [3.63, 3.8) is 0 Å². The lowest BCUT2D eigenvalue weighted by molar-refractivity contribution is -0.165. The van der Waals surface area contributed by atoms with Gasteiger partial charge in [-0.15, -0.1) is 0 Å². The Morgan fingerprint density at radius 2 is 2.10 bits per heavy atom. The van der Waals surface area contributed by atoms with Crippen LogP contribution in [0.3, 0.4) is 0 Å². The first-order valence-electron chi connectivity index (χ1n) is 10.1. The Morgan fingerprint density at radius 3 is 2.73 bits per heavy atom. The normalized spacial score (nSPS) is 41.2. The molecule has 1 aromatic rings. The average molecular weight is 416 g/mol. The molecule has 0 spiro atoms. The van der Waals surface area contributed by atoms with Gasteiger partial charge in [0.05, 0.1) is 5.56 Å². The Hall–Kier alpha value is -2.45. The second-order valence-corrected chi connectivity index (χ2v) is 9.02. The molecule has 8 nitrogen and oxygen atoms in total. The molecule has 3 fully saturated rings. The van der Waals surface area contributed by atoms with Crippen LogP contribution in [-0.2, 0) is 35.0 Å². The monoisotopic (exact) mass is 416 g/mol. The molecule has 4 aliphatic rings. The summed E-state index contributed by atoms with van der Waals surface area (Å²) in [6.45, 7) is 9.13. The summed E-state index contributed by atoms with van der Waals surface area (Å²) in [5.41, 5.74) is -0.606. The van der Waals surface area contributed by atoms with E-state index < -0.39 is 41.5 Å². The molecule has 4 bridgehead atoms. The van der Waals surface area contributed by atoms with Crippen LogP contribution >= 0.6 is 0 Å². The molecular formula is C22H24O8. The van der Waals surface area contributed by atoms with Crippen molar-refractivity contribution in [1.82, 2.24) is 0 Å². The third-order valence-electron chi connectivity index (χ3n) is 6.75. The fourth-order valence-corrected chi connectivity index (χ4v) is 4.98. The second-order valence-electron chi connectivity index (χ2n) is 9.02. The lowest BCUT2D eigenvalue weighted by Crippen LogP contribution is -2.42. The van der Waals surface area contributed by atoms with E-state index in [1.54, 1.807) is 6.07 Å². The van der Waals surface area contributed by atoms with Crippen LogP contribution in [0.25, 0.3) is 0 Å². The maximum atomic E-state index is 12.8. The highest BCUT2D eigenvalue weighted by molar-refractivity contribution is 5.88. The van der Waals surface area contributed by atoms with Gasteiger partial charge in [-0.2, -0.15) is 0 Å². The van der Waals surface area contributed by atoms with Gasteiger partial charge in [-0.3, -0.25) is 9.59 Å². The summed E-state index contributed by atoms with van der Waals surface area (Å²) < 4.78 is 29.0. The number of rotatable bonds is 3. The number of ether oxygens (including phenoxy) is 4. The molecule has 0 aliphatic carbocycles. The molecule has 30 heavy (non-hydrogen) atoms. The molecule has 7 atom stereocenters. The van der Waals surface area contributed by atoms with Crippen molar-refractivity contribution < 1.29 is 37.7 Å². The van der Waals surface area contributed by atoms with Crippen molar-refractivity contribution in [2.75, 3.05) is 0 Å². The molecule has 5 heterocycles. The first-order valence-corrected chi connectivity index (χ1v) is 10.1. The summed E-state index contributed by atoms with van der Waals surface area (Å²) in [6, 6.07) is 1.71. The predicted octanol–water partition coefficient (Wildman–Crippen LogP) is 2.45. The number of hydrogen-bond acceptors (Lipinski definition) is 8. The van der Waals surface area contributed by atoms with E-state index in [0.717, 1.165) is 11.9 Å². The quantitative estimate of drug-likeness (QED) is 0.320. The van der Waals surface area contributed by atoms with Crippen LogP contribution in [0.2, 0.25) is 0 Å². The number of epoxide rings is 2. The summed E-state index contributed by atoms with van der Waals surface area (Å²) >= 11 is 0. The van der Waals surface area contributed by atoms with Crippen molar-refractivity contribution in [3.8, 4) is 0 Å². The lowest BCUT2D eigenvalue weighted by Gasteiger charge is -2.26. The first kappa shape index (κ1) is 19.5. The van der Waals surface area contributed by atoms with Crippen molar-refractivity contribution in [3.05, 3.63) is 35.3 Å². The Kier molecular flexibility index (Phi) is 4.08. The first-order chi connectivity index (χ1) is 14.2. The number of esters is 2. The number of fused-ring (bicyclic) bond motifs is 4. The van der Waals surface area contributed by atoms with Crippen LogP contribution in [0, 0.1) is 5.92 Å². The SMILES string of the molecule is C=C(C)[C@H]1Cc2oc(cc2C=O)[C@H]2O[C@]2(C)C[C@@H]2OC(=O)[C@]3(O[C@@H]23)[C@H](OC(C)=O)C1. The maximum absolute atomic E-state index is 12.8. The molecule has 1 aromatic heterocycles. The average Bonchev–Trinajstić information content (AvgIpc) is 3.49. The summed E-state index contributed by atoms with van der Waals surface area (Å²) in [6.07, 6.45) is -0.277. The number of hydrogen-bond donors (Lipinski definition) is 0. The molecular weight excluding hydrogens is 392 g/mol. The van der Waals surface area contributed by atoms with Crippen LogP contribution in [-0.4, -0.2) is 47.7 Å². The minimum absolute atomic E-state index is 0.203. The molecule has 0 saturated carbocycles. The van der Waals surface area contributed by atoms with E-state index in [1.807, 2.05) is 13.8 Å². The maximum Gasteiger partial charge on any atom is 0.345 e. The molecule has 0 amide bonds. The van der Waals surface area contributed by atoms with Gasteiger partial charge in [-0.1, -0.05) is 12.2 Å². The lowest BCUT2D eigenvalue weighted by atomic mass is 9.83. The van der Waals surface area contributed by atoms with Gasteiger partial charge in [0.25, 0.3) is 0 Å². The van der Waals surface area contributed by atoms with E-state index in [4.69, 9.17) is 23.4 Å². The summed E-state index contributed by atoms with van der Waals surface area (Å²) in [7, 11) is 0. The number of carbonyl (C=O) groups excluding carboxylic acids is 3. The van der Waals surface area contributed by atoms with Gasteiger partial charge in [0.1, 0.15) is 41.5 Å². The predicted molar refractivity (Wildman–Crippen MR) is 101 cm³/mol. The Bertz CT molecular complexity index is 962. The zero-order chi connectivity index (χ0) is 21.4. The van der Waals surface area contributed by atoms with Crippen LogP contribution in [0.5, 0.6) is 0 Å². The zero-order valence-corrected chi connectivity index (χ0v) is 17.1. The summed E-state index contributed by atoms with van der Waals surface area (Å²) in [4.78, 5) is 36.3.